The Bertz CT molecular complexity index is 918. The van der Waals surface area contributed by atoms with E-state index >= 15 is 0 Å². The topological polar surface area (TPSA) is 43.7 Å². The van der Waals surface area contributed by atoms with Gasteiger partial charge in [0.15, 0.2) is 0 Å². The van der Waals surface area contributed by atoms with Gasteiger partial charge in [0, 0.05) is 25.7 Å². The number of aryl methyl sites for hydroxylation is 1. The highest BCUT2D eigenvalue weighted by molar-refractivity contribution is 5.48. The highest BCUT2D eigenvalue weighted by Crippen LogP contribution is 2.48. The maximum absolute atomic E-state index is 10.6. The first-order valence-corrected chi connectivity index (χ1v) is 11.5. The van der Waals surface area contributed by atoms with Crippen LogP contribution in [0.25, 0.3) is 0 Å². The first-order valence-electron chi connectivity index (χ1n) is 11.5. The standard InChI is InChI=1S/C28H35NO2/c1-29(2)24-10-6-9-21(17-24)15-22-16-23-19-28(31)26(27(23)18-22)14-13-25(30)12-11-20-7-4-3-5-8-20/h3-10,13-14,16-17,23,25-28,30-31H,11-12,15,18-19H2,1-2H3/b14-13+. The molecule has 5 unspecified atom stereocenters. The van der Waals surface area contributed by atoms with Crippen LogP contribution in [0, 0.1) is 17.8 Å². The third-order valence-electron chi connectivity index (χ3n) is 6.94. The van der Waals surface area contributed by atoms with Crippen molar-refractivity contribution >= 4 is 5.69 Å². The molecule has 0 aliphatic heterocycles. The molecule has 3 heteroatoms. The van der Waals surface area contributed by atoms with Gasteiger partial charge < -0.3 is 15.1 Å². The number of anilines is 1. The number of aliphatic hydroxyl groups is 2. The molecule has 1 saturated carbocycles. The zero-order valence-corrected chi connectivity index (χ0v) is 18.7. The van der Waals surface area contributed by atoms with Crippen molar-refractivity contribution in [2.24, 2.45) is 17.8 Å². The van der Waals surface area contributed by atoms with Crippen LogP contribution in [-0.2, 0) is 12.8 Å². The molecule has 0 spiro atoms. The second-order valence-corrected chi connectivity index (χ2v) is 9.45. The van der Waals surface area contributed by atoms with Gasteiger partial charge in [-0.2, -0.15) is 0 Å². The largest absolute Gasteiger partial charge is 0.392 e. The van der Waals surface area contributed by atoms with Crippen LogP contribution in [0.3, 0.4) is 0 Å². The van der Waals surface area contributed by atoms with Gasteiger partial charge in [-0.1, -0.05) is 66.3 Å². The van der Waals surface area contributed by atoms with Crippen LogP contribution in [0.5, 0.6) is 0 Å². The molecule has 0 saturated heterocycles. The zero-order chi connectivity index (χ0) is 21.8. The van der Waals surface area contributed by atoms with Crippen LogP contribution in [0.1, 0.15) is 30.4 Å². The van der Waals surface area contributed by atoms with Crippen molar-refractivity contribution in [3.63, 3.8) is 0 Å². The highest BCUT2D eigenvalue weighted by atomic mass is 16.3. The first kappa shape index (κ1) is 21.9. The molecule has 4 rings (SSSR count). The fourth-order valence-electron chi connectivity index (χ4n) is 5.26. The monoisotopic (exact) mass is 417 g/mol. The highest BCUT2D eigenvalue weighted by Gasteiger charge is 2.43. The summed E-state index contributed by atoms with van der Waals surface area (Å²) in [5.41, 5.74) is 5.32. The van der Waals surface area contributed by atoms with Crippen molar-refractivity contribution in [1.29, 1.82) is 0 Å². The Kier molecular flexibility index (Phi) is 6.94. The molecule has 2 aliphatic carbocycles. The molecule has 5 atom stereocenters. The number of fused-ring (bicyclic) bond motifs is 1. The number of allylic oxidation sites excluding steroid dienone is 2. The summed E-state index contributed by atoms with van der Waals surface area (Å²) >= 11 is 0. The average Bonchev–Trinajstić information content (AvgIpc) is 3.27. The van der Waals surface area contributed by atoms with Gasteiger partial charge in [0.05, 0.1) is 12.2 Å². The van der Waals surface area contributed by atoms with E-state index in [2.05, 4.69) is 67.5 Å². The van der Waals surface area contributed by atoms with Gasteiger partial charge in [0.2, 0.25) is 0 Å². The maximum Gasteiger partial charge on any atom is 0.0724 e. The van der Waals surface area contributed by atoms with Crippen LogP contribution >= 0.6 is 0 Å². The van der Waals surface area contributed by atoms with E-state index in [1.54, 1.807) is 0 Å². The van der Waals surface area contributed by atoms with Crippen molar-refractivity contribution < 1.29 is 10.2 Å². The van der Waals surface area contributed by atoms with E-state index in [4.69, 9.17) is 0 Å². The fourth-order valence-corrected chi connectivity index (χ4v) is 5.26. The van der Waals surface area contributed by atoms with Crippen molar-refractivity contribution in [2.75, 3.05) is 19.0 Å². The lowest BCUT2D eigenvalue weighted by molar-refractivity contribution is 0.140. The Morgan fingerprint density at radius 2 is 1.84 bits per heavy atom. The summed E-state index contributed by atoms with van der Waals surface area (Å²) in [6.45, 7) is 0. The van der Waals surface area contributed by atoms with Crippen molar-refractivity contribution in [3.05, 3.63) is 89.5 Å². The molecule has 0 amide bonds. The van der Waals surface area contributed by atoms with Gasteiger partial charge in [-0.25, -0.2) is 0 Å². The fraction of sp³-hybridized carbons (Fsp3) is 0.429. The summed E-state index contributed by atoms with van der Waals surface area (Å²) in [6.07, 6.45) is 10.1. The summed E-state index contributed by atoms with van der Waals surface area (Å²) in [5, 5.41) is 21.1. The molecule has 31 heavy (non-hydrogen) atoms. The quantitative estimate of drug-likeness (QED) is 0.607. The summed E-state index contributed by atoms with van der Waals surface area (Å²) in [7, 11) is 4.15. The minimum atomic E-state index is -0.464. The van der Waals surface area contributed by atoms with Crippen LogP contribution in [0.4, 0.5) is 5.69 Å². The van der Waals surface area contributed by atoms with Gasteiger partial charge >= 0.3 is 0 Å². The van der Waals surface area contributed by atoms with Crippen LogP contribution in [-0.4, -0.2) is 36.5 Å². The normalized spacial score (nSPS) is 26.1. The minimum Gasteiger partial charge on any atom is -0.392 e. The predicted molar refractivity (Wildman–Crippen MR) is 128 cm³/mol. The van der Waals surface area contributed by atoms with Crippen LogP contribution in [0.2, 0.25) is 0 Å². The molecule has 3 nitrogen and oxygen atoms in total. The van der Waals surface area contributed by atoms with E-state index in [-0.39, 0.29) is 12.0 Å². The summed E-state index contributed by atoms with van der Waals surface area (Å²) in [6, 6.07) is 19.0. The van der Waals surface area contributed by atoms with E-state index in [1.165, 1.54) is 22.4 Å². The SMILES string of the molecule is CN(C)c1cccc(CC2=CC3CC(O)C(/C=C/C(O)CCc4ccccc4)C3C2)c1. The molecule has 0 radical (unpaired) electrons. The molecular weight excluding hydrogens is 382 g/mol. The van der Waals surface area contributed by atoms with E-state index in [0.717, 1.165) is 25.7 Å². The first-order chi connectivity index (χ1) is 15.0. The molecule has 0 heterocycles. The van der Waals surface area contributed by atoms with Crippen LogP contribution in [0.15, 0.2) is 78.4 Å². The number of rotatable bonds is 8. The Labute approximate surface area is 186 Å². The van der Waals surface area contributed by atoms with Gasteiger partial charge in [-0.15, -0.1) is 0 Å². The van der Waals surface area contributed by atoms with Gasteiger partial charge in [-0.05, 0) is 67.2 Å². The van der Waals surface area contributed by atoms with Gasteiger partial charge in [-0.3, -0.25) is 0 Å². The van der Waals surface area contributed by atoms with E-state index in [1.807, 2.05) is 24.3 Å². The smallest absolute Gasteiger partial charge is 0.0724 e. The third kappa shape index (κ3) is 5.47. The Morgan fingerprint density at radius 3 is 2.61 bits per heavy atom. The molecule has 2 aromatic carbocycles. The number of benzene rings is 2. The number of aliphatic hydroxyl groups excluding tert-OH is 2. The summed E-state index contributed by atoms with van der Waals surface area (Å²) < 4.78 is 0. The van der Waals surface area contributed by atoms with E-state index < -0.39 is 6.10 Å². The average molecular weight is 418 g/mol. The molecule has 0 bridgehead atoms. The lowest BCUT2D eigenvalue weighted by atomic mass is 9.88. The number of hydrogen-bond acceptors (Lipinski definition) is 3. The second kappa shape index (κ2) is 9.84. The van der Waals surface area contributed by atoms with Crippen molar-refractivity contribution in [1.82, 2.24) is 0 Å². The minimum absolute atomic E-state index is 0.137. The lowest BCUT2D eigenvalue weighted by Crippen LogP contribution is -2.18. The Hall–Kier alpha value is -2.36. The number of hydrogen-bond donors (Lipinski definition) is 2. The lowest BCUT2D eigenvalue weighted by Gasteiger charge is -2.19. The van der Waals surface area contributed by atoms with Crippen molar-refractivity contribution in [3.8, 4) is 0 Å². The molecule has 164 valence electrons. The molecule has 2 aromatic rings. The molecule has 1 fully saturated rings. The second-order valence-electron chi connectivity index (χ2n) is 9.45. The van der Waals surface area contributed by atoms with E-state index in [0.29, 0.717) is 18.3 Å². The zero-order valence-electron chi connectivity index (χ0n) is 18.7. The summed E-state index contributed by atoms with van der Waals surface area (Å²) in [5.74, 6) is 1.05. The third-order valence-corrected chi connectivity index (χ3v) is 6.94. The Balaban J connectivity index is 1.33. The van der Waals surface area contributed by atoms with Gasteiger partial charge in [0.25, 0.3) is 0 Å². The van der Waals surface area contributed by atoms with Crippen molar-refractivity contribution in [2.45, 2.75) is 44.3 Å². The summed E-state index contributed by atoms with van der Waals surface area (Å²) in [4.78, 5) is 2.14. The molecular formula is C28H35NO2. The number of nitrogens with zero attached hydrogens (tertiary/aromatic N) is 1. The Morgan fingerprint density at radius 1 is 1.06 bits per heavy atom. The maximum atomic E-state index is 10.6. The van der Waals surface area contributed by atoms with E-state index in [9.17, 15) is 10.2 Å². The predicted octanol–water partition coefficient (Wildman–Crippen LogP) is 4.79. The van der Waals surface area contributed by atoms with Crippen LogP contribution < -0.4 is 4.90 Å². The molecule has 0 aromatic heterocycles. The molecule has 2 N–H and O–H groups in total. The molecule has 2 aliphatic rings. The van der Waals surface area contributed by atoms with Gasteiger partial charge in [0.1, 0.15) is 0 Å².